The van der Waals surface area contributed by atoms with Crippen LogP contribution >= 0.6 is 0 Å². The lowest BCUT2D eigenvalue weighted by atomic mass is 10.4. The first-order valence-corrected chi connectivity index (χ1v) is 12.8. The van der Waals surface area contributed by atoms with Crippen molar-refractivity contribution in [3.05, 3.63) is 0 Å². The molecule has 0 radical (unpaired) electrons. The van der Waals surface area contributed by atoms with Crippen LogP contribution in [-0.2, 0) is 4.12 Å². The Morgan fingerprint density at radius 2 is 0.630 bits per heavy atom. The van der Waals surface area contributed by atoms with Crippen LogP contribution in [0.2, 0.25) is 38.3 Å². The SMILES string of the molecule is C.C.C.C.C.C.C.C.C.C.C.C.CCCC[Si](C)(C)O[Si](C)(C)CCCC. The van der Waals surface area contributed by atoms with E-state index in [1.807, 2.05) is 0 Å². The summed E-state index contributed by atoms with van der Waals surface area (Å²) in [6.07, 6.45) is 5.29. The van der Waals surface area contributed by atoms with Crippen LogP contribution in [0.25, 0.3) is 0 Å². The van der Waals surface area contributed by atoms with Gasteiger partial charge in [0.05, 0.1) is 0 Å². The van der Waals surface area contributed by atoms with E-state index < -0.39 is 16.6 Å². The molecule has 0 bridgehead atoms. The maximum atomic E-state index is 6.51. The summed E-state index contributed by atoms with van der Waals surface area (Å²) >= 11 is 0. The highest BCUT2D eigenvalue weighted by Crippen LogP contribution is 2.24. The minimum Gasteiger partial charge on any atom is -0.455 e. The third kappa shape index (κ3) is 58.4. The highest BCUT2D eigenvalue weighted by atomic mass is 28.4. The molecule has 27 heavy (non-hydrogen) atoms. The maximum Gasteiger partial charge on any atom is 0.173 e. The highest BCUT2D eigenvalue weighted by molar-refractivity contribution is 6.84. The second kappa shape index (κ2) is 45.3. The van der Waals surface area contributed by atoms with Gasteiger partial charge in [-0.3, -0.25) is 0 Å². The second-order valence-electron chi connectivity index (χ2n) is 5.83. The second-order valence-corrected chi connectivity index (χ2v) is 14.7. The molecule has 0 fully saturated rings. The molecule has 0 heterocycles. The van der Waals surface area contributed by atoms with Gasteiger partial charge in [0.25, 0.3) is 0 Å². The van der Waals surface area contributed by atoms with Gasteiger partial charge in [0.1, 0.15) is 0 Å². The van der Waals surface area contributed by atoms with Crippen molar-refractivity contribution < 1.29 is 4.12 Å². The van der Waals surface area contributed by atoms with E-state index in [0.717, 1.165) is 0 Å². The Balaban J connectivity index is -0.0000000148. The van der Waals surface area contributed by atoms with Crippen molar-refractivity contribution in [2.45, 2.75) is 167 Å². The molecule has 0 aliphatic rings. The summed E-state index contributed by atoms with van der Waals surface area (Å²) in [5.74, 6) is 0. The van der Waals surface area contributed by atoms with Gasteiger partial charge in [-0.05, 0) is 38.3 Å². The number of hydrogen-bond acceptors (Lipinski definition) is 1. The average Bonchev–Trinajstić information content (AvgIpc) is 2.10. The lowest BCUT2D eigenvalue weighted by molar-refractivity contribution is 0.529. The van der Waals surface area contributed by atoms with E-state index in [1.54, 1.807) is 0 Å². The van der Waals surface area contributed by atoms with Crippen LogP contribution in [0.15, 0.2) is 0 Å². The maximum absolute atomic E-state index is 6.51. The van der Waals surface area contributed by atoms with E-state index in [4.69, 9.17) is 4.12 Å². The summed E-state index contributed by atoms with van der Waals surface area (Å²) in [5, 5.41) is 0. The summed E-state index contributed by atoms with van der Waals surface area (Å²) in [6, 6.07) is 2.68. The minimum atomic E-state index is -1.35. The molecule has 0 spiro atoms. The Hall–Kier alpha value is 0.394. The third-order valence-electron chi connectivity index (χ3n) is 2.82. The topological polar surface area (TPSA) is 9.23 Å². The Labute approximate surface area is 187 Å². The molecule has 0 saturated heterocycles. The molecule has 0 aliphatic carbocycles. The van der Waals surface area contributed by atoms with Crippen molar-refractivity contribution in [3.8, 4) is 0 Å². The van der Waals surface area contributed by atoms with Crippen LogP contribution in [0.1, 0.15) is 129 Å². The van der Waals surface area contributed by atoms with E-state index in [0.29, 0.717) is 0 Å². The number of rotatable bonds is 8. The number of hydrogen-bond donors (Lipinski definition) is 0. The van der Waals surface area contributed by atoms with Gasteiger partial charge in [-0.1, -0.05) is 129 Å². The fourth-order valence-corrected chi connectivity index (χ4v) is 11.3. The van der Waals surface area contributed by atoms with Gasteiger partial charge in [0, 0.05) is 0 Å². The highest BCUT2D eigenvalue weighted by Gasteiger charge is 2.31. The lowest BCUT2D eigenvalue weighted by Gasteiger charge is -2.34. The van der Waals surface area contributed by atoms with Crippen LogP contribution in [-0.4, -0.2) is 16.6 Å². The number of unbranched alkanes of at least 4 members (excludes halogenated alkanes) is 2. The van der Waals surface area contributed by atoms with Crippen LogP contribution in [0.5, 0.6) is 0 Å². The zero-order valence-corrected chi connectivity index (χ0v) is 13.7. The monoisotopic (exact) mass is 439 g/mol. The van der Waals surface area contributed by atoms with Crippen LogP contribution in [0, 0.1) is 0 Å². The van der Waals surface area contributed by atoms with Gasteiger partial charge in [-0.15, -0.1) is 0 Å². The molecular weight excluding hydrogens is 360 g/mol. The zero-order valence-electron chi connectivity index (χ0n) is 11.7. The summed E-state index contributed by atoms with van der Waals surface area (Å²) in [4.78, 5) is 0. The standard InChI is InChI=1S/C12H30OSi2.12CH4/c1-7-9-11-14(3,4)13-15(5,6)12-10-8-2;;;;;;;;;;;;/h7-12H2,1-6H3;12*1H4. The predicted molar refractivity (Wildman–Crippen MR) is 156 cm³/mol. The quantitative estimate of drug-likeness (QED) is 0.342. The first-order valence-electron chi connectivity index (χ1n) is 6.53. The molecule has 0 aromatic rings. The fourth-order valence-electron chi connectivity index (χ4n) is 2.06. The summed E-state index contributed by atoms with van der Waals surface area (Å²) < 4.78 is 6.51. The largest absolute Gasteiger partial charge is 0.455 e. The van der Waals surface area contributed by atoms with Gasteiger partial charge < -0.3 is 4.12 Å². The van der Waals surface area contributed by atoms with Gasteiger partial charge >= 0.3 is 0 Å². The first-order chi connectivity index (χ1) is 6.83. The van der Waals surface area contributed by atoms with Gasteiger partial charge in [-0.2, -0.15) is 0 Å². The van der Waals surface area contributed by atoms with E-state index in [2.05, 4.69) is 40.0 Å². The first kappa shape index (κ1) is 92.1. The van der Waals surface area contributed by atoms with E-state index >= 15 is 0 Å². The van der Waals surface area contributed by atoms with Gasteiger partial charge in [-0.25, -0.2) is 0 Å². The molecule has 3 heteroatoms. The van der Waals surface area contributed by atoms with Crippen LogP contribution in [0.4, 0.5) is 0 Å². The molecular formula is C24H78OSi2. The zero-order chi connectivity index (χ0) is 11.9. The van der Waals surface area contributed by atoms with Crippen molar-refractivity contribution in [3.63, 3.8) is 0 Å². The molecule has 0 atom stereocenters. The Bertz CT molecular complexity index is 152. The molecule has 0 aromatic heterocycles. The summed E-state index contributed by atoms with van der Waals surface area (Å²) in [5.41, 5.74) is 0. The van der Waals surface area contributed by atoms with E-state index in [-0.39, 0.29) is 89.1 Å². The molecule has 0 unspecified atom stereocenters. The molecule has 0 amide bonds. The third-order valence-corrected chi connectivity index (χ3v) is 10.4. The van der Waals surface area contributed by atoms with E-state index in [9.17, 15) is 0 Å². The molecule has 0 N–H and O–H groups in total. The smallest absolute Gasteiger partial charge is 0.173 e. The van der Waals surface area contributed by atoms with Crippen molar-refractivity contribution in [1.29, 1.82) is 0 Å². The normalized spacial score (nSPS) is 7.33. The van der Waals surface area contributed by atoms with Crippen molar-refractivity contribution in [2.24, 2.45) is 0 Å². The van der Waals surface area contributed by atoms with Crippen molar-refractivity contribution in [2.75, 3.05) is 0 Å². The minimum absolute atomic E-state index is 0. The van der Waals surface area contributed by atoms with Gasteiger partial charge in [0.2, 0.25) is 0 Å². The molecule has 0 saturated carbocycles. The Morgan fingerprint density at radius 3 is 0.778 bits per heavy atom. The summed E-state index contributed by atoms with van der Waals surface area (Å²) in [7, 11) is -2.70. The Kier molecular flexibility index (Phi) is 154. The summed E-state index contributed by atoms with van der Waals surface area (Å²) in [6.45, 7) is 14.1. The van der Waals surface area contributed by atoms with Gasteiger partial charge in [0.15, 0.2) is 16.6 Å². The van der Waals surface area contributed by atoms with Crippen molar-refractivity contribution >= 4 is 16.6 Å². The molecule has 0 aromatic carbocycles. The van der Waals surface area contributed by atoms with Crippen molar-refractivity contribution in [1.82, 2.24) is 0 Å². The average molecular weight is 439 g/mol. The molecule has 0 aliphatic heterocycles. The van der Waals surface area contributed by atoms with Crippen LogP contribution in [0.3, 0.4) is 0 Å². The lowest BCUT2D eigenvalue weighted by Crippen LogP contribution is -2.44. The fraction of sp³-hybridized carbons (Fsp3) is 1.00. The molecule has 0 rings (SSSR count). The molecule has 188 valence electrons. The Morgan fingerprint density at radius 1 is 0.444 bits per heavy atom. The predicted octanol–water partition coefficient (Wildman–Crippen LogP) is 12.6. The van der Waals surface area contributed by atoms with E-state index in [1.165, 1.54) is 37.8 Å². The van der Waals surface area contributed by atoms with Crippen LogP contribution < -0.4 is 0 Å². The molecule has 1 nitrogen and oxygen atoms in total.